The Morgan fingerprint density at radius 2 is 1.87 bits per heavy atom. The van der Waals surface area contributed by atoms with E-state index in [1.54, 1.807) is 0 Å². The second-order valence-corrected chi connectivity index (χ2v) is 4.93. The van der Waals surface area contributed by atoms with Crippen molar-refractivity contribution in [1.82, 2.24) is 5.32 Å². The van der Waals surface area contributed by atoms with Crippen LogP contribution in [-0.2, 0) is 6.42 Å². The number of nitrogens with one attached hydrogen (secondary N) is 1. The van der Waals surface area contributed by atoms with Crippen LogP contribution < -0.4 is 5.32 Å². The molecule has 0 aliphatic heterocycles. The maximum Gasteiger partial charge on any atom is 0.0154 e. The van der Waals surface area contributed by atoms with Crippen LogP contribution in [0.4, 0.5) is 0 Å². The standard InChI is InChI=1S/C14H21N/c1-14(10-11-14)15-12-6-5-9-13-7-3-2-4-8-13/h2-4,7-8,15H,5-6,9-12H2,1H3. The SMILES string of the molecule is CC1(NCCCCc2ccccc2)CC1. The van der Waals surface area contributed by atoms with Gasteiger partial charge in [-0.3, -0.25) is 0 Å². The number of rotatable bonds is 6. The van der Waals surface area contributed by atoms with Gasteiger partial charge in [0, 0.05) is 5.54 Å². The fourth-order valence-corrected chi connectivity index (χ4v) is 1.85. The molecule has 1 fully saturated rings. The van der Waals surface area contributed by atoms with Gasteiger partial charge in [-0.25, -0.2) is 0 Å². The summed E-state index contributed by atoms with van der Waals surface area (Å²) in [6, 6.07) is 10.8. The van der Waals surface area contributed by atoms with Crippen molar-refractivity contribution < 1.29 is 0 Å². The van der Waals surface area contributed by atoms with Crippen LogP contribution in [0.3, 0.4) is 0 Å². The van der Waals surface area contributed by atoms with E-state index in [9.17, 15) is 0 Å². The average Bonchev–Trinajstić information content (AvgIpc) is 2.98. The Kier molecular flexibility index (Phi) is 3.42. The second kappa shape index (κ2) is 4.80. The molecule has 1 aliphatic carbocycles. The second-order valence-electron chi connectivity index (χ2n) is 4.93. The molecule has 1 aromatic carbocycles. The normalized spacial score (nSPS) is 17.7. The maximum atomic E-state index is 3.62. The fraction of sp³-hybridized carbons (Fsp3) is 0.571. The molecule has 1 aromatic rings. The van der Waals surface area contributed by atoms with Crippen LogP contribution in [0.1, 0.15) is 38.2 Å². The summed E-state index contributed by atoms with van der Waals surface area (Å²) in [7, 11) is 0. The Morgan fingerprint density at radius 3 is 2.53 bits per heavy atom. The quantitative estimate of drug-likeness (QED) is 0.700. The molecule has 1 N–H and O–H groups in total. The zero-order chi connectivity index (χ0) is 10.6. The molecule has 1 nitrogen and oxygen atoms in total. The van der Waals surface area contributed by atoms with E-state index in [2.05, 4.69) is 42.6 Å². The molecule has 0 atom stereocenters. The third-order valence-corrected chi connectivity index (χ3v) is 3.29. The molecule has 0 unspecified atom stereocenters. The highest BCUT2D eigenvalue weighted by molar-refractivity contribution is 5.14. The molecular weight excluding hydrogens is 182 g/mol. The van der Waals surface area contributed by atoms with Gasteiger partial charge in [0.05, 0.1) is 0 Å². The molecule has 1 saturated carbocycles. The van der Waals surface area contributed by atoms with Crippen molar-refractivity contribution in [2.45, 2.75) is 44.6 Å². The molecule has 2 rings (SSSR count). The third kappa shape index (κ3) is 3.67. The fourth-order valence-electron chi connectivity index (χ4n) is 1.85. The lowest BCUT2D eigenvalue weighted by molar-refractivity contribution is 0.517. The number of hydrogen-bond acceptors (Lipinski definition) is 1. The zero-order valence-corrected chi connectivity index (χ0v) is 9.63. The molecule has 15 heavy (non-hydrogen) atoms. The van der Waals surface area contributed by atoms with Gasteiger partial charge in [0.15, 0.2) is 0 Å². The minimum absolute atomic E-state index is 0.507. The van der Waals surface area contributed by atoms with Gasteiger partial charge in [-0.1, -0.05) is 30.3 Å². The van der Waals surface area contributed by atoms with E-state index < -0.39 is 0 Å². The first-order valence-electron chi connectivity index (χ1n) is 6.07. The first-order valence-corrected chi connectivity index (χ1v) is 6.07. The molecule has 0 amide bonds. The van der Waals surface area contributed by atoms with Crippen molar-refractivity contribution in [1.29, 1.82) is 0 Å². The summed E-state index contributed by atoms with van der Waals surface area (Å²) in [6.07, 6.45) is 6.55. The Labute approximate surface area is 92.9 Å². The summed E-state index contributed by atoms with van der Waals surface area (Å²) < 4.78 is 0. The minimum Gasteiger partial charge on any atom is -0.312 e. The van der Waals surface area contributed by atoms with Gasteiger partial charge < -0.3 is 5.32 Å². The van der Waals surface area contributed by atoms with E-state index >= 15 is 0 Å². The average molecular weight is 203 g/mol. The van der Waals surface area contributed by atoms with Crippen LogP contribution in [0.25, 0.3) is 0 Å². The van der Waals surface area contributed by atoms with Crippen LogP contribution in [0, 0.1) is 0 Å². The molecular formula is C14H21N. The Morgan fingerprint density at radius 1 is 1.13 bits per heavy atom. The lowest BCUT2D eigenvalue weighted by Crippen LogP contribution is -2.28. The van der Waals surface area contributed by atoms with Gasteiger partial charge in [-0.05, 0) is 51.1 Å². The third-order valence-electron chi connectivity index (χ3n) is 3.29. The molecule has 82 valence electrons. The number of benzene rings is 1. The van der Waals surface area contributed by atoms with E-state index in [0.717, 1.165) is 0 Å². The van der Waals surface area contributed by atoms with Crippen LogP contribution >= 0.6 is 0 Å². The topological polar surface area (TPSA) is 12.0 Å². The van der Waals surface area contributed by atoms with Crippen molar-refractivity contribution in [3.8, 4) is 0 Å². The van der Waals surface area contributed by atoms with Crippen LogP contribution in [-0.4, -0.2) is 12.1 Å². The molecule has 1 heteroatoms. The van der Waals surface area contributed by atoms with Gasteiger partial charge in [-0.15, -0.1) is 0 Å². The highest BCUT2D eigenvalue weighted by atomic mass is 15.0. The van der Waals surface area contributed by atoms with Gasteiger partial charge in [-0.2, -0.15) is 0 Å². The summed E-state index contributed by atoms with van der Waals surface area (Å²) >= 11 is 0. The van der Waals surface area contributed by atoms with Gasteiger partial charge >= 0.3 is 0 Å². The number of unbranched alkanes of at least 4 members (excludes halogenated alkanes) is 1. The predicted molar refractivity (Wildman–Crippen MR) is 65.0 cm³/mol. The lowest BCUT2D eigenvalue weighted by Gasteiger charge is -2.10. The Balaban J connectivity index is 1.55. The van der Waals surface area contributed by atoms with Crippen molar-refractivity contribution in [3.05, 3.63) is 35.9 Å². The predicted octanol–water partition coefficient (Wildman–Crippen LogP) is 3.15. The molecule has 0 bridgehead atoms. The largest absolute Gasteiger partial charge is 0.312 e. The zero-order valence-electron chi connectivity index (χ0n) is 9.63. The van der Waals surface area contributed by atoms with E-state index in [-0.39, 0.29) is 0 Å². The van der Waals surface area contributed by atoms with Crippen LogP contribution in [0.2, 0.25) is 0 Å². The molecule has 0 spiro atoms. The Hall–Kier alpha value is -0.820. The summed E-state index contributed by atoms with van der Waals surface area (Å²) in [5.74, 6) is 0. The highest BCUT2D eigenvalue weighted by Gasteiger charge is 2.35. The lowest BCUT2D eigenvalue weighted by atomic mass is 10.1. The molecule has 0 heterocycles. The molecule has 0 aromatic heterocycles. The van der Waals surface area contributed by atoms with Crippen molar-refractivity contribution >= 4 is 0 Å². The van der Waals surface area contributed by atoms with E-state index in [0.29, 0.717) is 5.54 Å². The summed E-state index contributed by atoms with van der Waals surface area (Å²) in [5.41, 5.74) is 1.97. The summed E-state index contributed by atoms with van der Waals surface area (Å²) in [5, 5.41) is 3.62. The van der Waals surface area contributed by atoms with Crippen molar-refractivity contribution in [3.63, 3.8) is 0 Å². The first kappa shape index (κ1) is 10.7. The smallest absolute Gasteiger partial charge is 0.0154 e. The number of aryl methyl sites for hydroxylation is 1. The van der Waals surface area contributed by atoms with Crippen molar-refractivity contribution in [2.75, 3.05) is 6.54 Å². The summed E-state index contributed by atoms with van der Waals surface area (Å²) in [6.45, 7) is 3.51. The van der Waals surface area contributed by atoms with Gasteiger partial charge in [0.2, 0.25) is 0 Å². The van der Waals surface area contributed by atoms with E-state index in [1.165, 1.54) is 44.2 Å². The van der Waals surface area contributed by atoms with Crippen molar-refractivity contribution in [2.24, 2.45) is 0 Å². The van der Waals surface area contributed by atoms with Gasteiger partial charge in [0.1, 0.15) is 0 Å². The molecule has 1 aliphatic rings. The monoisotopic (exact) mass is 203 g/mol. The first-order chi connectivity index (χ1) is 7.29. The van der Waals surface area contributed by atoms with E-state index in [4.69, 9.17) is 0 Å². The maximum absolute atomic E-state index is 3.62. The summed E-state index contributed by atoms with van der Waals surface area (Å²) in [4.78, 5) is 0. The van der Waals surface area contributed by atoms with E-state index in [1.807, 2.05) is 0 Å². The Bertz CT molecular complexity index is 287. The highest BCUT2D eigenvalue weighted by Crippen LogP contribution is 2.34. The molecule has 0 radical (unpaired) electrons. The number of hydrogen-bond donors (Lipinski definition) is 1. The van der Waals surface area contributed by atoms with Gasteiger partial charge in [0.25, 0.3) is 0 Å². The van der Waals surface area contributed by atoms with Crippen LogP contribution in [0.5, 0.6) is 0 Å². The minimum atomic E-state index is 0.507. The molecule has 0 saturated heterocycles. The van der Waals surface area contributed by atoms with Crippen LogP contribution in [0.15, 0.2) is 30.3 Å².